The maximum atomic E-state index is 4.75. The summed E-state index contributed by atoms with van der Waals surface area (Å²) >= 11 is 0. The van der Waals surface area contributed by atoms with Gasteiger partial charge in [0.15, 0.2) is 0 Å². The molecule has 1 atom stereocenters. The van der Waals surface area contributed by atoms with E-state index in [0.717, 1.165) is 37.4 Å². The van der Waals surface area contributed by atoms with Crippen molar-refractivity contribution in [2.75, 3.05) is 13.1 Å². The molecule has 1 aromatic heterocycles. The number of nitrogens with one attached hydrogen (secondary N) is 1. The highest BCUT2D eigenvalue weighted by molar-refractivity contribution is 5.78. The molecule has 0 bridgehead atoms. The topological polar surface area (TPSA) is 28.2 Å². The van der Waals surface area contributed by atoms with Gasteiger partial charge in [-0.15, -0.1) is 0 Å². The average molecular weight is 317 g/mol. The molecule has 0 spiro atoms. The molecule has 1 saturated heterocycles. The van der Waals surface area contributed by atoms with Crippen LogP contribution in [0.4, 0.5) is 0 Å². The molecule has 122 valence electrons. The molecule has 3 aromatic rings. The summed E-state index contributed by atoms with van der Waals surface area (Å²) in [6.07, 6.45) is 1.21. The van der Waals surface area contributed by atoms with Gasteiger partial charge in [0.05, 0.1) is 11.2 Å². The predicted molar refractivity (Wildman–Crippen MR) is 98.7 cm³/mol. The fourth-order valence-corrected chi connectivity index (χ4v) is 3.44. The highest BCUT2D eigenvalue weighted by Crippen LogP contribution is 2.15. The molecule has 1 aliphatic heterocycles. The van der Waals surface area contributed by atoms with E-state index in [0.29, 0.717) is 6.04 Å². The first-order valence-electron chi connectivity index (χ1n) is 8.71. The molecule has 2 aromatic carbocycles. The molecule has 0 amide bonds. The van der Waals surface area contributed by atoms with Gasteiger partial charge in [0.1, 0.15) is 0 Å². The summed E-state index contributed by atoms with van der Waals surface area (Å²) in [7, 11) is 0. The molecule has 0 aliphatic carbocycles. The average Bonchev–Trinajstić information content (AvgIpc) is 3.08. The monoisotopic (exact) mass is 317 g/mol. The van der Waals surface area contributed by atoms with Gasteiger partial charge in [0, 0.05) is 37.6 Å². The minimum absolute atomic E-state index is 0.557. The van der Waals surface area contributed by atoms with E-state index in [1.165, 1.54) is 17.4 Å². The summed E-state index contributed by atoms with van der Waals surface area (Å²) in [6, 6.07) is 23.9. The number of rotatable bonds is 5. The van der Waals surface area contributed by atoms with E-state index in [4.69, 9.17) is 4.98 Å². The van der Waals surface area contributed by atoms with Crippen LogP contribution in [0.3, 0.4) is 0 Å². The van der Waals surface area contributed by atoms with Crippen LogP contribution >= 0.6 is 0 Å². The predicted octanol–water partition coefficient (Wildman–Crippen LogP) is 3.60. The van der Waals surface area contributed by atoms with Crippen LogP contribution in [-0.2, 0) is 13.1 Å². The number of aromatic nitrogens is 1. The molecule has 0 saturated carbocycles. The molecule has 1 N–H and O–H groups in total. The lowest BCUT2D eigenvalue weighted by atomic mass is 10.2. The molecular weight excluding hydrogens is 294 g/mol. The lowest BCUT2D eigenvalue weighted by molar-refractivity contribution is 0.319. The fourth-order valence-electron chi connectivity index (χ4n) is 3.44. The Labute approximate surface area is 143 Å². The first-order valence-corrected chi connectivity index (χ1v) is 8.71. The zero-order valence-electron chi connectivity index (χ0n) is 13.9. The zero-order chi connectivity index (χ0) is 16.2. The summed E-state index contributed by atoms with van der Waals surface area (Å²) in [4.78, 5) is 7.28. The SMILES string of the molecule is c1ccc(CN2CCC(NCc3ccc4ccccc4n3)C2)cc1. The van der Waals surface area contributed by atoms with Gasteiger partial charge in [-0.25, -0.2) is 0 Å². The first kappa shape index (κ1) is 15.3. The van der Waals surface area contributed by atoms with Crippen LogP contribution in [0.1, 0.15) is 17.7 Å². The van der Waals surface area contributed by atoms with Crippen molar-refractivity contribution >= 4 is 10.9 Å². The summed E-state index contributed by atoms with van der Waals surface area (Å²) < 4.78 is 0. The van der Waals surface area contributed by atoms with E-state index in [2.05, 4.69) is 70.9 Å². The Kier molecular flexibility index (Phi) is 4.54. The van der Waals surface area contributed by atoms with E-state index in [-0.39, 0.29) is 0 Å². The lowest BCUT2D eigenvalue weighted by Crippen LogP contribution is -2.32. The lowest BCUT2D eigenvalue weighted by Gasteiger charge is -2.16. The standard InChI is InChI=1S/C21H23N3/c1-2-6-17(7-3-1)15-24-13-12-20(16-24)22-14-19-11-10-18-8-4-5-9-21(18)23-19/h1-11,20,22H,12-16H2. The maximum absolute atomic E-state index is 4.75. The molecule has 4 rings (SSSR count). The molecule has 1 aliphatic rings. The number of fused-ring (bicyclic) bond motifs is 1. The van der Waals surface area contributed by atoms with Crippen molar-refractivity contribution in [2.24, 2.45) is 0 Å². The smallest absolute Gasteiger partial charge is 0.0705 e. The van der Waals surface area contributed by atoms with E-state index >= 15 is 0 Å². The number of benzene rings is 2. The Bertz CT molecular complexity index is 800. The Morgan fingerprint density at radius 3 is 2.71 bits per heavy atom. The largest absolute Gasteiger partial charge is 0.307 e. The molecule has 1 unspecified atom stereocenters. The van der Waals surface area contributed by atoms with E-state index in [9.17, 15) is 0 Å². The highest BCUT2D eigenvalue weighted by atomic mass is 15.2. The number of likely N-dealkylation sites (tertiary alicyclic amines) is 1. The Hall–Kier alpha value is -2.23. The van der Waals surface area contributed by atoms with E-state index in [1.807, 2.05) is 6.07 Å². The zero-order valence-corrected chi connectivity index (χ0v) is 13.9. The van der Waals surface area contributed by atoms with Crippen LogP contribution in [0.5, 0.6) is 0 Å². The quantitative estimate of drug-likeness (QED) is 0.779. The number of nitrogens with zero attached hydrogens (tertiary/aromatic N) is 2. The molecular formula is C21H23N3. The van der Waals surface area contributed by atoms with Gasteiger partial charge in [-0.1, -0.05) is 54.6 Å². The van der Waals surface area contributed by atoms with Gasteiger partial charge < -0.3 is 5.32 Å². The molecule has 24 heavy (non-hydrogen) atoms. The fraction of sp³-hybridized carbons (Fsp3) is 0.286. The number of para-hydroxylation sites is 1. The minimum atomic E-state index is 0.557. The van der Waals surface area contributed by atoms with Crippen LogP contribution in [-0.4, -0.2) is 29.0 Å². The first-order chi connectivity index (χ1) is 11.9. The second kappa shape index (κ2) is 7.12. The van der Waals surface area contributed by atoms with E-state index in [1.54, 1.807) is 0 Å². The van der Waals surface area contributed by atoms with Crippen molar-refractivity contribution in [2.45, 2.75) is 25.6 Å². The molecule has 1 fully saturated rings. The number of pyridine rings is 1. The van der Waals surface area contributed by atoms with Crippen LogP contribution < -0.4 is 5.32 Å². The van der Waals surface area contributed by atoms with Crippen molar-refractivity contribution in [1.29, 1.82) is 0 Å². The Morgan fingerprint density at radius 1 is 0.958 bits per heavy atom. The van der Waals surface area contributed by atoms with Gasteiger partial charge in [0.2, 0.25) is 0 Å². The van der Waals surface area contributed by atoms with Gasteiger partial charge in [-0.3, -0.25) is 9.88 Å². The van der Waals surface area contributed by atoms with Crippen molar-refractivity contribution in [3.05, 3.63) is 78.0 Å². The van der Waals surface area contributed by atoms with Gasteiger partial charge >= 0.3 is 0 Å². The summed E-state index contributed by atoms with van der Waals surface area (Å²) in [5.74, 6) is 0. The number of hydrogen-bond acceptors (Lipinski definition) is 3. The van der Waals surface area contributed by atoms with Crippen molar-refractivity contribution < 1.29 is 0 Å². The van der Waals surface area contributed by atoms with Crippen molar-refractivity contribution in [1.82, 2.24) is 15.2 Å². The highest BCUT2D eigenvalue weighted by Gasteiger charge is 2.21. The third-order valence-corrected chi connectivity index (χ3v) is 4.75. The van der Waals surface area contributed by atoms with E-state index < -0.39 is 0 Å². The molecule has 3 nitrogen and oxygen atoms in total. The third kappa shape index (κ3) is 3.64. The van der Waals surface area contributed by atoms with Crippen molar-refractivity contribution in [3.63, 3.8) is 0 Å². The molecule has 3 heteroatoms. The van der Waals surface area contributed by atoms with Gasteiger partial charge in [-0.2, -0.15) is 0 Å². The second-order valence-corrected chi connectivity index (χ2v) is 6.58. The summed E-state index contributed by atoms with van der Waals surface area (Å²) in [5, 5.41) is 4.88. The molecule has 2 heterocycles. The second-order valence-electron chi connectivity index (χ2n) is 6.58. The third-order valence-electron chi connectivity index (χ3n) is 4.75. The van der Waals surface area contributed by atoms with Crippen LogP contribution in [0.15, 0.2) is 66.7 Å². The molecule has 0 radical (unpaired) electrons. The minimum Gasteiger partial charge on any atom is -0.307 e. The Balaban J connectivity index is 1.31. The van der Waals surface area contributed by atoms with Crippen LogP contribution in [0.25, 0.3) is 10.9 Å². The summed E-state index contributed by atoms with van der Waals surface area (Å²) in [5.41, 5.74) is 3.60. The van der Waals surface area contributed by atoms with Crippen LogP contribution in [0.2, 0.25) is 0 Å². The normalized spacial score (nSPS) is 18.2. The van der Waals surface area contributed by atoms with Gasteiger partial charge in [0.25, 0.3) is 0 Å². The summed E-state index contributed by atoms with van der Waals surface area (Å²) in [6.45, 7) is 4.17. The van der Waals surface area contributed by atoms with Gasteiger partial charge in [-0.05, 0) is 24.1 Å². The maximum Gasteiger partial charge on any atom is 0.0705 e. The van der Waals surface area contributed by atoms with Crippen LogP contribution in [0, 0.1) is 0 Å². The Morgan fingerprint density at radius 2 is 1.79 bits per heavy atom. The number of hydrogen-bond donors (Lipinski definition) is 1. The van der Waals surface area contributed by atoms with Crippen molar-refractivity contribution in [3.8, 4) is 0 Å².